The van der Waals surface area contributed by atoms with Crippen molar-refractivity contribution in [1.29, 1.82) is 0 Å². The van der Waals surface area contributed by atoms with Crippen LogP contribution in [0, 0.1) is 19.8 Å². The van der Waals surface area contributed by atoms with Gasteiger partial charge in [-0.3, -0.25) is 4.79 Å². The summed E-state index contributed by atoms with van der Waals surface area (Å²) < 4.78 is 0. The molecule has 2 rings (SSSR count). The number of benzene rings is 1. The molecule has 0 spiro atoms. The average molecular weight is 277 g/mol. The Morgan fingerprint density at radius 2 is 1.90 bits per heavy atom. The molecule has 1 fully saturated rings. The number of carbonyl (C=O) groups is 1. The van der Waals surface area contributed by atoms with Crippen molar-refractivity contribution in [2.45, 2.75) is 52.2 Å². The fourth-order valence-electron chi connectivity index (χ4n) is 2.85. The van der Waals surface area contributed by atoms with Gasteiger partial charge in [0, 0.05) is 11.6 Å². The van der Waals surface area contributed by atoms with Gasteiger partial charge in [0.2, 0.25) is 0 Å². The van der Waals surface area contributed by atoms with Crippen LogP contribution in [0.5, 0.6) is 5.75 Å². The molecule has 20 heavy (non-hydrogen) atoms. The quantitative estimate of drug-likeness (QED) is 0.791. The van der Waals surface area contributed by atoms with Crippen LogP contribution in [0.1, 0.15) is 47.7 Å². The predicted molar refractivity (Wildman–Crippen MR) is 77.9 cm³/mol. The van der Waals surface area contributed by atoms with E-state index in [1.165, 1.54) is 0 Å². The summed E-state index contributed by atoms with van der Waals surface area (Å²) in [5, 5.41) is 22.2. The summed E-state index contributed by atoms with van der Waals surface area (Å²) in [6.45, 7) is 5.63. The molecule has 4 heteroatoms. The van der Waals surface area contributed by atoms with Gasteiger partial charge in [0.15, 0.2) is 0 Å². The van der Waals surface area contributed by atoms with Crippen LogP contribution >= 0.6 is 0 Å². The molecule has 1 aliphatic rings. The molecule has 4 nitrogen and oxygen atoms in total. The number of phenolic OH excluding ortho intramolecular Hbond substituents is 1. The fourth-order valence-corrected chi connectivity index (χ4v) is 2.85. The molecule has 3 N–H and O–H groups in total. The first-order chi connectivity index (χ1) is 9.42. The second kappa shape index (κ2) is 5.83. The van der Waals surface area contributed by atoms with Gasteiger partial charge in [-0.05, 0) is 62.3 Å². The highest BCUT2D eigenvalue weighted by Gasteiger charge is 2.33. The van der Waals surface area contributed by atoms with E-state index in [0.717, 1.165) is 19.3 Å². The Morgan fingerprint density at radius 3 is 2.35 bits per heavy atom. The van der Waals surface area contributed by atoms with E-state index >= 15 is 0 Å². The molecule has 0 heterocycles. The van der Waals surface area contributed by atoms with E-state index in [4.69, 9.17) is 0 Å². The number of aliphatic hydroxyl groups is 1. The Kier molecular flexibility index (Phi) is 4.33. The van der Waals surface area contributed by atoms with Gasteiger partial charge in [0.25, 0.3) is 5.91 Å². The second-order valence-electron chi connectivity index (χ2n) is 5.83. The number of rotatable bonds is 4. The molecule has 1 atom stereocenters. The van der Waals surface area contributed by atoms with E-state index in [9.17, 15) is 15.0 Å². The van der Waals surface area contributed by atoms with Crippen molar-refractivity contribution < 1.29 is 15.0 Å². The molecular formula is C16H23NO3. The van der Waals surface area contributed by atoms with Crippen molar-refractivity contribution in [2.24, 2.45) is 5.92 Å². The third kappa shape index (κ3) is 2.96. The number of hydrogen-bond donors (Lipinski definition) is 3. The number of amides is 1. The number of carbonyl (C=O) groups excluding carboxylic acids is 1. The summed E-state index contributed by atoms with van der Waals surface area (Å²) in [6.07, 6.45) is 2.20. The highest BCUT2D eigenvalue weighted by atomic mass is 16.3. The van der Waals surface area contributed by atoms with Gasteiger partial charge in [-0.15, -0.1) is 0 Å². The van der Waals surface area contributed by atoms with E-state index < -0.39 is 0 Å². The molecule has 1 unspecified atom stereocenters. The Bertz CT molecular complexity index is 483. The Morgan fingerprint density at radius 1 is 1.35 bits per heavy atom. The topological polar surface area (TPSA) is 69.6 Å². The minimum Gasteiger partial charge on any atom is -0.507 e. The van der Waals surface area contributed by atoms with Crippen LogP contribution in [0.25, 0.3) is 0 Å². The van der Waals surface area contributed by atoms with E-state index in [2.05, 4.69) is 5.32 Å². The van der Waals surface area contributed by atoms with Gasteiger partial charge in [-0.1, -0.05) is 6.92 Å². The molecule has 1 aromatic rings. The highest BCUT2D eigenvalue weighted by Crippen LogP contribution is 2.31. The molecule has 1 amide bonds. The molecule has 0 saturated heterocycles. The van der Waals surface area contributed by atoms with Crippen LogP contribution in [0.3, 0.4) is 0 Å². The van der Waals surface area contributed by atoms with Gasteiger partial charge in [-0.2, -0.15) is 0 Å². The Labute approximate surface area is 119 Å². The second-order valence-corrected chi connectivity index (χ2v) is 5.83. The van der Waals surface area contributed by atoms with Gasteiger partial charge in [-0.25, -0.2) is 0 Å². The van der Waals surface area contributed by atoms with E-state index in [1.807, 2.05) is 6.92 Å². The van der Waals surface area contributed by atoms with Crippen LogP contribution in [-0.4, -0.2) is 28.3 Å². The van der Waals surface area contributed by atoms with Crippen LogP contribution in [-0.2, 0) is 0 Å². The number of nitrogens with one attached hydrogen (secondary N) is 1. The maximum atomic E-state index is 12.3. The van der Waals surface area contributed by atoms with E-state index in [0.29, 0.717) is 22.6 Å². The van der Waals surface area contributed by atoms with Gasteiger partial charge in [0.05, 0.1) is 6.10 Å². The molecule has 1 aliphatic carbocycles. The normalized spacial score (nSPS) is 23.0. The summed E-state index contributed by atoms with van der Waals surface area (Å²) in [6, 6.07) is 3.53. The van der Waals surface area contributed by atoms with Gasteiger partial charge in [0.1, 0.15) is 5.75 Å². The molecule has 0 bridgehead atoms. The standard InChI is InChI=1S/C16H23NO3/c1-4-14(11-7-13(18)8-11)17-16(20)12-5-9(2)15(19)10(3)6-12/h5-6,11,13-14,18-19H,4,7-8H2,1-3H3,(H,17,20). The largest absolute Gasteiger partial charge is 0.507 e. The summed E-state index contributed by atoms with van der Waals surface area (Å²) in [5.41, 5.74) is 2.00. The lowest BCUT2D eigenvalue weighted by Crippen LogP contribution is -2.46. The first-order valence-corrected chi connectivity index (χ1v) is 7.21. The fraction of sp³-hybridized carbons (Fsp3) is 0.562. The summed E-state index contributed by atoms with van der Waals surface area (Å²) in [5.74, 6) is 0.512. The minimum atomic E-state index is -0.205. The summed E-state index contributed by atoms with van der Waals surface area (Å²) in [7, 11) is 0. The predicted octanol–water partition coefficient (Wildman–Crippen LogP) is 2.29. The number of hydrogen-bond acceptors (Lipinski definition) is 3. The maximum Gasteiger partial charge on any atom is 0.251 e. The molecular weight excluding hydrogens is 254 g/mol. The van der Waals surface area contributed by atoms with E-state index in [1.54, 1.807) is 26.0 Å². The van der Waals surface area contributed by atoms with Crippen LogP contribution in [0.2, 0.25) is 0 Å². The van der Waals surface area contributed by atoms with Crippen molar-refractivity contribution in [3.63, 3.8) is 0 Å². The molecule has 0 aromatic heterocycles. The van der Waals surface area contributed by atoms with Crippen molar-refractivity contribution in [2.75, 3.05) is 0 Å². The maximum absolute atomic E-state index is 12.3. The molecule has 1 saturated carbocycles. The molecule has 0 aliphatic heterocycles. The number of aromatic hydroxyl groups is 1. The zero-order valence-electron chi connectivity index (χ0n) is 12.3. The van der Waals surface area contributed by atoms with E-state index in [-0.39, 0.29) is 23.8 Å². The SMILES string of the molecule is CCC(NC(=O)c1cc(C)c(O)c(C)c1)C1CC(O)C1. The monoisotopic (exact) mass is 277 g/mol. The molecule has 1 aromatic carbocycles. The zero-order valence-corrected chi connectivity index (χ0v) is 12.3. The first kappa shape index (κ1) is 14.9. The molecule has 110 valence electrons. The van der Waals surface area contributed by atoms with Gasteiger partial charge < -0.3 is 15.5 Å². The summed E-state index contributed by atoms with van der Waals surface area (Å²) in [4.78, 5) is 12.3. The van der Waals surface area contributed by atoms with Crippen molar-refractivity contribution in [1.82, 2.24) is 5.32 Å². The van der Waals surface area contributed by atoms with Crippen LogP contribution in [0.15, 0.2) is 12.1 Å². The smallest absolute Gasteiger partial charge is 0.251 e. The minimum absolute atomic E-state index is 0.107. The number of phenols is 1. The highest BCUT2D eigenvalue weighted by molar-refractivity contribution is 5.95. The number of aryl methyl sites for hydroxylation is 2. The van der Waals surface area contributed by atoms with Crippen molar-refractivity contribution in [3.05, 3.63) is 28.8 Å². The lowest BCUT2D eigenvalue weighted by Gasteiger charge is -2.37. The first-order valence-electron chi connectivity index (χ1n) is 7.21. The van der Waals surface area contributed by atoms with Crippen molar-refractivity contribution in [3.8, 4) is 5.75 Å². The third-order valence-corrected chi connectivity index (χ3v) is 4.23. The molecule has 0 radical (unpaired) electrons. The zero-order chi connectivity index (χ0) is 14.9. The lowest BCUT2D eigenvalue weighted by molar-refractivity contribution is 0.0232. The Hall–Kier alpha value is -1.55. The van der Waals surface area contributed by atoms with Crippen LogP contribution < -0.4 is 5.32 Å². The average Bonchev–Trinajstić information content (AvgIpc) is 2.38. The summed E-state index contributed by atoms with van der Waals surface area (Å²) >= 11 is 0. The van der Waals surface area contributed by atoms with Crippen molar-refractivity contribution >= 4 is 5.91 Å². The number of aliphatic hydroxyl groups excluding tert-OH is 1. The Balaban J connectivity index is 2.07. The third-order valence-electron chi connectivity index (χ3n) is 4.23. The van der Waals surface area contributed by atoms with Gasteiger partial charge >= 0.3 is 0 Å². The van der Waals surface area contributed by atoms with Crippen LogP contribution in [0.4, 0.5) is 0 Å². The lowest BCUT2D eigenvalue weighted by atomic mass is 9.76.